The van der Waals surface area contributed by atoms with E-state index in [1.54, 1.807) is 12.1 Å². The van der Waals surface area contributed by atoms with Gasteiger partial charge < -0.3 is 25.0 Å². The molecule has 1 aliphatic heterocycles. The van der Waals surface area contributed by atoms with Crippen LogP contribution in [0.1, 0.15) is 70.4 Å². The van der Waals surface area contributed by atoms with Gasteiger partial charge in [-0.2, -0.15) is 5.10 Å². The fraction of sp³-hybridized carbons (Fsp3) is 0.654. The number of aliphatic imine (C=N–C) groups is 1. The molecule has 0 aromatic carbocycles. The van der Waals surface area contributed by atoms with Crippen molar-refractivity contribution in [2.75, 3.05) is 18.5 Å². The van der Waals surface area contributed by atoms with Crippen molar-refractivity contribution >= 4 is 29.9 Å². The van der Waals surface area contributed by atoms with Crippen molar-refractivity contribution in [2.45, 2.75) is 88.6 Å². The normalized spacial score (nSPS) is 26.3. The second-order valence-electron chi connectivity index (χ2n) is 10.0. The summed E-state index contributed by atoms with van der Waals surface area (Å²) in [6.07, 6.45) is 5.50. The van der Waals surface area contributed by atoms with Crippen LogP contribution in [0.5, 0.6) is 0 Å². The topological polar surface area (TPSA) is 148 Å². The lowest BCUT2D eigenvalue weighted by Crippen LogP contribution is -2.44. The van der Waals surface area contributed by atoms with Crippen LogP contribution < -0.4 is 5.32 Å². The molecule has 202 valence electrons. The first-order valence-corrected chi connectivity index (χ1v) is 13.1. The smallest absolute Gasteiger partial charge is 0.306 e. The van der Waals surface area contributed by atoms with E-state index in [4.69, 9.17) is 9.47 Å². The van der Waals surface area contributed by atoms with Gasteiger partial charge in [0.2, 0.25) is 5.91 Å². The predicted octanol–water partition coefficient (Wildman–Crippen LogP) is 2.39. The molecule has 4 atom stereocenters. The highest BCUT2D eigenvalue weighted by Gasteiger charge is 2.57. The number of nitrogens with one attached hydrogen (secondary N) is 1. The van der Waals surface area contributed by atoms with Gasteiger partial charge in [0.1, 0.15) is 36.8 Å². The van der Waals surface area contributed by atoms with Crippen LogP contribution in [0.15, 0.2) is 23.5 Å². The minimum absolute atomic E-state index is 0.0773. The summed E-state index contributed by atoms with van der Waals surface area (Å²) in [6, 6.07) is 3.39. The third-order valence-electron chi connectivity index (χ3n) is 7.38. The average molecular weight is 516 g/mol. The molecule has 2 aliphatic rings. The van der Waals surface area contributed by atoms with Gasteiger partial charge in [0.15, 0.2) is 11.4 Å². The van der Waals surface area contributed by atoms with Crippen molar-refractivity contribution in [2.24, 2.45) is 10.9 Å². The maximum absolute atomic E-state index is 12.4. The van der Waals surface area contributed by atoms with Crippen molar-refractivity contribution in [3.8, 4) is 0 Å². The average Bonchev–Trinajstić information content (AvgIpc) is 3.44. The molecule has 1 saturated carbocycles. The molecule has 1 saturated heterocycles. The van der Waals surface area contributed by atoms with Crippen molar-refractivity contribution in [3.05, 3.63) is 24.2 Å². The second kappa shape index (κ2) is 12.1. The number of unbranched alkanes of at least 4 members (excludes halogenated alkanes) is 1. The summed E-state index contributed by atoms with van der Waals surface area (Å²) in [5, 5.41) is 29.1. The number of carbonyl (C=O) groups is 2. The van der Waals surface area contributed by atoms with E-state index in [1.165, 1.54) is 17.3 Å². The van der Waals surface area contributed by atoms with Gasteiger partial charge in [0.25, 0.3) is 0 Å². The Labute approximate surface area is 216 Å². The maximum atomic E-state index is 12.4. The van der Waals surface area contributed by atoms with E-state index in [2.05, 4.69) is 27.1 Å². The number of fused-ring (bicyclic) bond motifs is 1. The standard InChI is InChI=1S/C26H37N5O6/c1-3-4-10-21(32)30-25-18-11-12-20(31(18)29-16-28-25)26(15-27-2)24(35)23(34)19(37-26)14-36-22(33)13-17-8-6-5-7-9-17/h11-12,16-17,19,23-24,34-35H,2-10,13-15H2,1H3,(H,28,29,30,32)/t19-,23-,24-,26+/m1/s1. The number of esters is 1. The van der Waals surface area contributed by atoms with Crippen LogP contribution in [0.3, 0.4) is 0 Å². The molecule has 2 aromatic rings. The van der Waals surface area contributed by atoms with E-state index in [-0.39, 0.29) is 25.0 Å². The number of anilines is 1. The molecule has 11 nitrogen and oxygen atoms in total. The number of aliphatic hydroxyl groups excluding tert-OH is 2. The molecular formula is C26H37N5O6. The first-order valence-electron chi connectivity index (χ1n) is 13.1. The second-order valence-corrected chi connectivity index (χ2v) is 10.0. The van der Waals surface area contributed by atoms with Gasteiger partial charge in [-0.25, -0.2) is 9.50 Å². The Balaban J connectivity index is 1.52. The minimum atomic E-state index is -1.49. The van der Waals surface area contributed by atoms with E-state index in [1.807, 2.05) is 6.92 Å². The maximum Gasteiger partial charge on any atom is 0.306 e. The Bertz CT molecular complexity index is 1100. The predicted molar refractivity (Wildman–Crippen MR) is 136 cm³/mol. The molecule has 0 unspecified atom stereocenters. The molecular weight excluding hydrogens is 478 g/mol. The van der Waals surface area contributed by atoms with Crippen LogP contribution in [0.4, 0.5) is 5.82 Å². The molecule has 0 bridgehead atoms. The third kappa shape index (κ3) is 5.83. The van der Waals surface area contributed by atoms with Crippen LogP contribution >= 0.6 is 0 Å². The fourth-order valence-electron chi connectivity index (χ4n) is 5.35. The molecule has 4 rings (SSSR count). The summed E-state index contributed by atoms with van der Waals surface area (Å²) in [7, 11) is 0. The number of hydrogen-bond acceptors (Lipinski definition) is 9. The summed E-state index contributed by atoms with van der Waals surface area (Å²) >= 11 is 0. The van der Waals surface area contributed by atoms with E-state index in [0.717, 1.165) is 38.5 Å². The van der Waals surface area contributed by atoms with Crippen LogP contribution in [-0.2, 0) is 24.7 Å². The lowest BCUT2D eigenvalue weighted by atomic mass is 9.87. The zero-order valence-electron chi connectivity index (χ0n) is 21.3. The molecule has 2 fully saturated rings. The number of aliphatic hydroxyl groups is 2. The Kier molecular flexibility index (Phi) is 8.88. The molecule has 11 heteroatoms. The minimum Gasteiger partial charge on any atom is -0.463 e. The van der Waals surface area contributed by atoms with Crippen LogP contribution in [0.25, 0.3) is 5.52 Å². The fourth-order valence-corrected chi connectivity index (χ4v) is 5.35. The van der Waals surface area contributed by atoms with Gasteiger partial charge in [-0.05, 0) is 44.0 Å². The lowest BCUT2D eigenvalue weighted by Gasteiger charge is -2.30. The van der Waals surface area contributed by atoms with Gasteiger partial charge in [-0.15, -0.1) is 0 Å². The third-order valence-corrected chi connectivity index (χ3v) is 7.38. The molecule has 1 amide bonds. The number of nitrogens with zero attached hydrogens (tertiary/aromatic N) is 4. The van der Waals surface area contributed by atoms with Crippen molar-refractivity contribution in [3.63, 3.8) is 0 Å². The van der Waals surface area contributed by atoms with Crippen LogP contribution in [-0.4, -0.2) is 74.9 Å². The number of hydrogen-bond donors (Lipinski definition) is 3. The van der Waals surface area contributed by atoms with Gasteiger partial charge >= 0.3 is 5.97 Å². The highest BCUT2D eigenvalue weighted by molar-refractivity contribution is 5.93. The SMILES string of the molecule is C=NC[C@@]1(c2ccc3c(NC(=O)CCCC)ncnn23)O[C@H](COC(=O)CC2CCCCC2)[C@@H](O)[C@H]1O. The number of ether oxygens (including phenoxy) is 2. The molecule has 0 spiro atoms. The van der Waals surface area contributed by atoms with Gasteiger partial charge in [-0.3, -0.25) is 14.6 Å². The number of amides is 1. The number of carbonyl (C=O) groups excluding carboxylic acids is 2. The molecule has 37 heavy (non-hydrogen) atoms. The Morgan fingerprint density at radius 1 is 1.30 bits per heavy atom. The van der Waals surface area contributed by atoms with Crippen LogP contribution in [0.2, 0.25) is 0 Å². The van der Waals surface area contributed by atoms with E-state index >= 15 is 0 Å². The molecule has 3 N–H and O–H groups in total. The van der Waals surface area contributed by atoms with E-state index in [9.17, 15) is 19.8 Å². The molecule has 1 aliphatic carbocycles. The molecule has 3 heterocycles. The van der Waals surface area contributed by atoms with Crippen molar-refractivity contribution in [1.29, 1.82) is 0 Å². The summed E-state index contributed by atoms with van der Waals surface area (Å²) in [6.45, 7) is 5.30. The van der Waals surface area contributed by atoms with E-state index < -0.39 is 23.9 Å². The van der Waals surface area contributed by atoms with Gasteiger partial charge in [0, 0.05) is 12.8 Å². The largest absolute Gasteiger partial charge is 0.463 e. The summed E-state index contributed by atoms with van der Waals surface area (Å²) < 4.78 is 13.2. The Morgan fingerprint density at radius 3 is 2.81 bits per heavy atom. The number of rotatable bonds is 11. The summed E-state index contributed by atoms with van der Waals surface area (Å²) in [4.78, 5) is 32.9. The molecule has 0 radical (unpaired) electrons. The number of aromatic nitrogens is 3. The monoisotopic (exact) mass is 515 g/mol. The summed E-state index contributed by atoms with van der Waals surface area (Å²) in [5.74, 6) is 0.162. The Morgan fingerprint density at radius 2 is 2.08 bits per heavy atom. The first-order chi connectivity index (χ1) is 17.9. The Hall–Kier alpha value is -2.89. The highest BCUT2D eigenvalue weighted by atomic mass is 16.6. The first kappa shape index (κ1) is 27.2. The van der Waals surface area contributed by atoms with Crippen LogP contribution in [0, 0.1) is 5.92 Å². The van der Waals surface area contributed by atoms with Crippen molar-refractivity contribution < 1.29 is 29.3 Å². The quantitative estimate of drug-likeness (QED) is 0.305. The van der Waals surface area contributed by atoms with Gasteiger partial charge in [-0.1, -0.05) is 32.6 Å². The zero-order valence-corrected chi connectivity index (χ0v) is 21.3. The lowest BCUT2D eigenvalue weighted by molar-refractivity contribution is -0.153. The zero-order chi connectivity index (χ0) is 26.4. The molecule has 2 aromatic heterocycles. The summed E-state index contributed by atoms with van der Waals surface area (Å²) in [5.41, 5.74) is -0.589. The van der Waals surface area contributed by atoms with Crippen molar-refractivity contribution in [1.82, 2.24) is 14.6 Å². The highest BCUT2D eigenvalue weighted by Crippen LogP contribution is 2.41. The van der Waals surface area contributed by atoms with Gasteiger partial charge in [0.05, 0.1) is 12.2 Å². The van der Waals surface area contributed by atoms with E-state index in [0.29, 0.717) is 35.8 Å².